The van der Waals surface area contributed by atoms with Gasteiger partial charge < -0.3 is 9.90 Å². The normalized spacial score (nSPS) is 10.9. The van der Waals surface area contributed by atoms with Crippen molar-refractivity contribution >= 4 is 35.1 Å². The van der Waals surface area contributed by atoms with Crippen molar-refractivity contribution in [2.45, 2.75) is 0 Å². The van der Waals surface area contributed by atoms with Crippen molar-refractivity contribution in [1.82, 2.24) is 4.98 Å². The number of aromatic carboxylic acids is 1. The molecule has 124 valence electrons. The zero-order chi connectivity index (χ0) is 17.8. The molecule has 1 heterocycles. The minimum absolute atomic E-state index is 0.0217. The third kappa shape index (κ3) is 3.61. The Balaban J connectivity index is 2.00. The maximum atomic E-state index is 11.4. The lowest BCUT2D eigenvalue weighted by Gasteiger charge is -2.01. The van der Waals surface area contributed by atoms with Gasteiger partial charge in [-0.1, -0.05) is 42.5 Å². The first-order chi connectivity index (χ1) is 12.1. The number of para-hydroxylation sites is 1. The molecule has 0 bridgehead atoms. The number of hydrogen-bond donors (Lipinski definition) is 0. The van der Waals surface area contributed by atoms with Crippen LogP contribution in [0.4, 0.5) is 5.69 Å². The summed E-state index contributed by atoms with van der Waals surface area (Å²) in [5, 5.41) is 22.8. The molecule has 0 radical (unpaired) electrons. The van der Waals surface area contributed by atoms with E-state index in [1.165, 1.54) is 6.07 Å². The molecular formula is C18H11N2O4S-. The summed E-state index contributed by atoms with van der Waals surface area (Å²) in [5.41, 5.74) is 1.38. The summed E-state index contributed by atoms with van der Waals surface area (Å²) in [5.74, 6) is -1.30. The van der Waals surface area contributed by atoms with Crippen LogP contribution in [0, 0.1) is 10.1 Å². The monoisotopic (exact) mass is 351 g/mol. The zero-order valence-corrected chi connectivity index (χ0v) is 13.6. The molecule has 0 aliphatic heterocycles. The Labute approximate surface area is 146 Å². The van der Waals surface area contributed by atoms with E-state index in [-0.39, 0.29) is 10.6 Å². The SMILES string of the molecule is O=C([O-])c1sc(/C=C/c2ccccc2[N+](=O)[O-])nc1-c1ccccc1. The highest BCUT2D eigenvalue weighted by atomic mass is 32.1. The largest absolute Gasteiger partial charge is 0.544 e. The number of nitro groups is 1. The molecule has 7 heteroatoms. The predicted molar refractivity (Wildman–Crippen MR) is 93.9 cm³/mol. The van der Waals surface area contributed by atoms with Crippen LogP contribution in [0.5, 0.6) is 0 Å². The molecule has 25 heavy (non-hydrogen) atoms. The van der Waals surface area contributed by atoms with E-state index in [1.807, 2.05) is 6.07 Å². The van der Waals surface area contributed by atoms with Crippen molar-refractivity contribution in [2.75, 3.05) is 0 Å². The Bertz CT molecular complexity index is 964. The molecule has 2 aromatic carbocycles. The van der Waals surface area contributed by atoms with Gasteiger partial charge in [0.2, 0.25) is 0 Å². The average Bonchev–Trinajstić information content (AvgIpc) is 3.05. The summed E-state index contributed by atoms with van der Waals surface area (Å²) in [6.45, 7) is 0. The Hall–Kier alpha value is -3.32. The van der Waals surface area contributed by atoms with E-state index in [9.17, 15) is 20.0 Å². The number of carboxylic acid groups (broad SMARTS) is 1. The molecule has 3 rings (SSSR count). The second-order valence-electron chi connectivity index (χ2n) is 5.03. The van der Waals surface area contributed by atoms with Crippen LogP contribution in [0.3, 0.4) is 0 Å². The third-order valence-electron chi connectivity index (χ3n) is 3.42. The molecule has 0 spiro atoms. The van der Waals surface area contributed by atoms with Gasteiger partial charge >= 0.3 is 0 Å². The van der Waals surface area contributed by atoms with Crippen LogP contribution in [0.25, 0.3) is 23.4 Å². The van der Waals surface area contributed by atoms with E-state index in [1.54, 1.807) is 54.6 Å². The van der Waals surface area contributed by atoms with Gasteiger partial charge in [0, 0.05) is 11.6 Å². The van der Waals surface area contributed by atoms with Crippen molar-refractivity contribution in [1.29, 1.82) is 0 Å². The maximum absolute atomic E-state index is 11.4. The molecule has 0 aliphatic rings. The lowest BCUT2D eigenvalue weighted by Crippen LogP contribution is -2.21. The van der Waals surface area contributed by atoms with Gasteiger partial charge in [-0.2, -0.15) is 0 Å². The number of hydrogen-bond acceptors (Lipinski definition) is 6. The minimum atomic E-state index is -1.30. The molecule has 0 fully saturated rings. The number of aromatic nitrogens is 1. The van der Waals surface area contributed by atoms with E-state index in [4.69, 9.17) is 0 Å². The van der Waals surface area contributed by atoms with Crippen molar-refractivity contribution in [3.05, 3.63) is 80.2 Å². The first kappa shape index (κ1) is 16.5. The van der Waals surface area contributed by atoms with Gasteiger partial charge in [0.25, 0.3) is 5.69 Å². The minimum Gasteiger partial charge on any atom is -0.544 e. The van der Waals surface area contributed by atoms with Crippen molar-refractivity contribution in [3.63, 3.8) is 0 Å². The topological polar surface area (TPSA) is 96.2 Å². The van der Waals surface area contributed by atoms with Crippen LogP contribution >= 0.6 is 11.3 Å². The summed E-state index contributed by atoms with van der Waals surface area (Å²) in [4.78, 5) is 26.3. The fourth-order valence-electron chi connectivity index (χ4n) is 2.29. The number of benzene rings is 2. The van der Waals surface area contributed by atoms with Crippen LogP contribution < -0.4 is 5.11 Å². The molecule has 1 aromatic heterocycles. The molecular weight excluding hydrogens is 340 g/mol. The number of carboxylic acids is 1. The standard InChI is InChI=1S/C18H12N2O4S/c21-18(22)17-16(13-7-2-1-3-8-13)19-15(25-17)11-10-12-6-4-5-9-14(12)20(23)24/h1-11H,(H,21,22)/p-1/b11-10+. The summed E-state index contributed by atoms with van der Waals surface area (Å²) >= 11 is 0.966. The van der Waals surface area contributed by atoms with Gasteiger partial charge in [-0.25, -0.2) is 4.98 Å². The predicted octanol–water partition coefficient (Wildman–Crippen LogP) is 3.25. The summed E-state index contributed by atoms with van der Waals surface area (Å²) in [6, 6.07) is 15.2. The fourth-order valence-corrected chi connectivity index (χ4v) is 3.12. The van der Waals surface area contributed by atoms with E-state index in [0.717, 1.165) is 11.3 Å². The fraction of sp³-hybridized carbons (Fsp3) is 0. The molecule has 0 saturated heterocycles. The summed E-state index contributed by atoms with van der Waals surface area (Å²) < 4.78 is 0. The third-order valence-corrected chi connectivity index (χ3v) is 4.42. The van der Waals surface area contributed by atoms with E-state index >= 15 is 0 Å². The maximum Gasteiger partial charge on any atom is 0.276 e. The van der Waals surface area contributed by atoms with Crippen molar-refractivity contribution < 1.29 is 14.8 Å². The molecule has 3 aromatic rings. The van der Waals surface area contributed by atoms with Crippen LogP contribution in [0.1, 0.15) is 20.2 Å². The van der Waals surface area contributed by atoms with Crippen LogP contribution in [-0.2, 0) is 0 Å². The number of carbonyl (C=O) groups excluding carboxylic acids is 1. The number of carbonyl (C=O) groups is 1. The molecule has 0 amide bonds. The van der Waals surface area contributed by atoms with Crippen LogP contribution in [0.2, 0.25) is 0 Å². The number of thiazole rings is 1. The highest BCUT2D eigenvalue weighted by Crippen LogP contribution is 2.29. The smallest absolute Gasteiger partial charge is 0.276 e. The van der Waals surface area contributed by atoms with Gasteiger partial charge in [0.15, 0.2) is 0 Å². The van der Waals surface area contributed by atoms with Crippen LogP contribution in [0.15, 0.2) is 54.6 Å². The van der Waals surface area contributed by atoms with Gasteiger partial charge in [0.05, 0.1) is 27.0 Å². The van der Waals surface area contributed by atoms with E-state index in [2.05, 4.69) is 4.98 Å². The van der Waals surface area contributed by atoms with E-state index < -0.39 is 10.9 Å². The van der Waals surface area contributed by atoms with Gasteiger partial charge in [0.1, 0.15) is 5.01 Å². The zero-order valence-electron chi connectivity index (χ0n) is 12.8. The van der Waals surface area contributed by atoms with Crippen LogP contribution in [-0.4, -0.2) is 15.9 Å². The van der Waals surface area contributed by atoms with Gasteiger partial charge in [-0.15, -0.1) is 11.3 Å². The van der Waals surface area contributed by atoms with Gasteiger partial charge in [-0.3, -0.25) is 10.1 Å². The molecule has 0 unspecified atom stereocenters. The highest BCUT2D eigenvalue weighted by Gasteiger charge is 2.13. The first-order valence-corrected chi connectivity index (χ1v) is 8.07. The number of nitro benzene ring substituents is 1. The number of nitrogens with zero attached hydrogens (tertiary/aromatic N) is 2. The van der Waals surface area contributed by atoms with E-state index in [0.29, 0.717) is 21.8 Å². The Morgan fingerprint density at radius 2 is 1.72 bits per heavy atom. The van der Waals surface area contributed by atoms with Crippen molar-refractivity contribution in [3.8, 4) is 11.3 Å². The second-order valence-corrected chi connectivity index (χ2v) is 6.06. The molecule has 0 atom stereocenters. The van der Waals surface area contributed by atoms with Crippen molar-refractivity contribution in [2.24, 2.45) is 0 Å². The molecule has 0 N–H and O–H groups in total. The molecule has 0 saturated carbocycles. The second kappa shape index (κ2) is 7.06. The molecule has 6 nitrogen and oxygen atoms in total. The Morgan fingerprint density at radius 3 is 2.40 bits per heavy atom. The highest BCUT2D eigenvalue weighted by molar-refractivity contribution is 7.14. The average molecular weight is 351 g/mol. The number of rotatable bonds is 5. The first-order valence-electron chi connectivity index (χ1n) is 7.25. The lowest BCUT2D eigenvalue weighted by molar-refractivity contribution is -0.385. The summed E-state index contributed by atoms with van der Waals surface area (Å²) in [7, 11) is 0. The lowest BCUT2D eigenvalue weighted by atomic mass is 10.1. The molecule has 0 aliphatic carbocycles. The summed E-state index contributed by atoms with van der Waals surface area (Å²) in [6.07, 6.45) is 3.11. The van der Waals surface area contributed by atoms with Gasteiger partial charge in [-0.05, 0) is 18.2 Å². The Kier molecular flexibility index (Phi) is 4.67. The quantitative estimate of drug-likeness (QED) is 0.519. The Morgan fingerprint density at radius 1 is 1.04 bits per heavy atom.